The van der Waals surface area contributed by atoms with Crippen molar-refractivity contribution in [2.24, 2.45) is 0 Å². The number of benzene rings is 1. The summed E-state index contributed by atoms with van der Waals surface area (Å²) in [5, 5.41) is 11.3. The van der Waals surface area contributed by atoms with Crippen molar-refractivity contribution in [3.63, 3.8) is 0 Å². The van der Waals surface area contributed by atoms with E-state index in [1.807, 2.05) is 13.0 Å². The minimum Gasteiger partial charge on any atom is -0.548 e. The number of carboxylic acid groups (broad SMARTS) is 1. The molecule has 0 radical (unpaired) electrons. The van der Waals surface area contributed by atoms with Crippen molar-refractivity contribution < 1.29 is 23.8 Å². The van der Waals surface area contributed by atoms with E-state index in [1.54, 1.807) is 20.1 Å². The van der Waals surface area contributed by atoms with Crippen molar-refractivity contribution >= 4 is 22.8 Å². The lowest BCUT2D eigenvalue weighted by Gasteiger charge is -2.17. The molecule has 1 aromatic carbocycles. The zero-order chi connectivity index (χ0) is 18.7. The highest BCUT2D eigenvalue weighted by Gasteiger charge is 2.17. The maximum atomic E-state index is 12.3. The highest BCUT2D eigenvalue weighted by Crippen LogP contribution is 2.29. The van der Waals surface area contributed by atoms with E-state index in [0.29, 0.717) is 16.9 Å². The molecule has 0 aliphatic rings. The Bertz CT molecular complexity index is 883. The second kappa shape index (κ2) is 7.38. The summed E-state index contributed by atoms with van der Waals surface area (Å²) in [5.41, 5.74) is 1.85. The molecule has 2 aromatic rings. The molecule has 0 saturated heterocycles. The number of aryl methyl sites for hydroxylation is 2. The number of likely N-dealkylation sites (N-methyl/N-ethyl adjacent to an activating group) is 1. The molecule has 0 spiro atoms. The Morgan fingerprint density at radius 3 is 2.52 bits per heavy atom. The molecule has 134 valence electrons. The van der Waals surface area contributed by atoms with Gasteiger partial charge in [-0.25, -0.2) is 4.79 Å². The van der Waals surface area contributed by atoms with Gasteiger partial charge >= 0.3 is 5.63 Å². The third-order valence-electron chi connectivity index (χ3n) is 4.25. The van der Waals surface area contributed by atoms with Gasteiger partial charge in [0, 0.05) is 30.0 Å². The fourth-order valence-corrected chi connectivity index (χ4v) is 2.79. The van der Waals surface area contributed by atoms with Crippen molar-refractivity contribution in [1.29, 1.82) is 0 Å². The Morgan fingerprint density at radius 2 is 1.92 bits per heavy atom. The van der Waals surface area contributed by atoms with E-state index >= 15 is 0 Å². The molecule has 0 aliphatic heterocycles. The van der Waals surface area contributed by atoms with Crippen LogP contribution >= 0.6 is 0 Å². The molecule has 7 heteroatoms. The number of ether oxygens (including phenoxy) is 1. The Hall–Kier alpha value is -2.83. The van der Waals surface area contributed by atoms with Crippen molar-refractivity contribution in [1.82, 2.24) is 4.90 Å². The van der Waals surface area contributed by atoms with Gasteiger partial charge in [-0.15, -0.1) is 0 Å². The first kappa shape index (κ1) is 18.5. The lowest BCUT2D eigenvalue weighted by Crippen LogP contribution is -2.39. The summed E-state index contributed by atoms with van der Waals surface area (Å²) in [4.78, 5) is 35.9. The fraction of sp³-hybridized carbons (Fsp3) is 0.389. The number of rotatable bonds is 6. The molecule has 7 nitrogen and oxygen atoms in total. The van der Waals surface area contributed by atoms with Gasteiger partial charge in [0.15, 0.2) is 0 Å². The third-order valence-corrected chi connectivity index (χ3v) is 4.25. The number of hydrogen-bond donors (Lipinski definition) is 0. The highest BCUT2D eigenvalue weighted by molar-refractivity contribution is 5.86. The Morgan fingerprint density at radius 1 is 1.24 bits per heavy atom. The second-order valence-electron chi connectivity index (χ2n) is 5.88. The normalized spacial score (nSPS) is 10.7. The van der Waals surface area contributed by atoms with Crippen molar-refractivity contribution in [2.45, 2.75) is 26.7 Å². The summed E-state index contributed by atoms with van der Waals surface area (Å²) < 4.78 is 10.7. The molecule has 0 bridgehead atoms. The lowest BCUT2D eigenvalue weighted by atomic mass is 10.00. The first-order valence-electron chi connectivity index (χ1n) is 7.80. The van der Waals surface area contributed by atoms with Crippen LogP contribution in [0.25, 0.3) is 11.0 Å². The number of amides is 1. The standard InChI is InChI=1S/C18H21NO6/c1-10-12-5-7-14(24-4)11(2)17(12)25-18(23)13(10)6-8-15(20)19(3)9-16(21)22/h5,7H,6,8-9H2,1-4H3,(H,21,22)/p-1. The molecule has 1 aromatic heterocycles. The number of fused-ring (bicyclic) bond motifs is 1. The average Bonchev–Trinajstić information content (AvgIpc) is 2.54. The summed E-state index contributed by atoms with van der Waals surface area (Å²) in [6, 6.07) is 3.61. The van der Waals surface area contributed by atoms with Crippen molar-refractivity contribution in [3.8, 4) is 5.75 Å². The van der Waals surface area contributed by atoms with Crippen LogP contribution in [-0.2, 0) is 16.0 Å². The van der Waals surface area contributed by atoms with Crippen LogP contribution in [0.15, 0.2) is 21.3 Å². The van der Waals surface area contributed by atoms with Crippen LogP contribution in [0.3, 0.4) is 0 Å². The van der Waals surface area contributed by atoms with Crippen LogP contribution in [0.4, 0.5) is 0 Å². The topological polar surface area (TPSA) is 99.9 Å². The summed E-state index contributed by atoms with van der Waals surface area (Å²) in [6.45, 7) is 3.13. The fourth-order valence-electron chi connectivity index (χ4n) is 2.79. The second-order valence-corrected chi connectivity index (χ2v) is 5.88. The summed E-state index contributed by atoms with van der Waals surface area (Å²) >= 11 is 0. The molecule has 1 amide bonds. The van der Waals surface area contributed by atoms with Crippen molar-refractivity contribution in [2.75, 3.05) is 20.7 Å². The van der Waals surface area contributed by atoms with Gasteiger partial charge in [-0.3, -0.25) is 4.79 Å². The van der Waals surface area contributed by atoms with Crippen LogP contribution in [-0.4, -0.2) is 37.5 Å². The molecule has 25 heavy (non-hydrogen) atoms. The number of carbonyl (C=O) groups is 2. The minimum absolute atomic E-state index is 0.00994. The summed E-state index contributed by atoms with van der Waals surface area (Å²) in [7, 11) is 2.92. The highest BCUT2D eigenvalue weighted by atomic mass is 16.5. The molecule has 2 rings (SSSR count). The predicted octanol–water partition coefficient (Wildman–Crippen LogP) is 0.559. The maximum absolute atomic E-state index is 12.3. The van der Waals surface area contributed by atoms with Crippen LogP contribution < -0.4 is 15.5 Å². The van der Waals surface area contributed by atoms with Gasteiger partial charge in [-0.1, -0.05) is 0 Å². The maximum Gasteiger partial charge on any atom is 0.339 e. The number of carbonyl (C=O) groups excluding carboxylic acids is 2. The molecular formula is C18H20NO6-. The number of methoxy groups -OCH3 is 1. The van der Waals surface area contributed by atoms with E-state index in [1.165, 1.54) is 7.05 Å². The predicted molar refractivity (Wildman–Crippen MR) is 89.5 cm³/mol. The number of aliphatic carboxylic acids is 1. The van der Waals surface area contributed by atoms with Gasteiger partial charge in [0.25, 0.3) is 0 Å². The van der Waals surface area contributed by atoms with E-state index in [9.17, 15) is 19.5 Å². The molecular weight excluding hydrogens is 326 g/mol. The van der Waals surface area contributed by atoms with E-state index in [4.69, 9.17) is 9.15 Å². The zero-order valence-corrected chi connectivity index (χ0v) is 14.7. The lowest BCUT2D eigenvalue weighted by molar-refractivity contribution is -0.305. The Kier molecular flexibility index (Phi) is 5.46. The van der Waals surface area contributed by atoms with Crippen LogP contribution in [0, 0.1) is 13.8 Å². The molecule has 0 N–H and O–H groups in total. The average molecular weight is 346 g/mol. The molecule has 0 fully saturated rings. The van der Waals surface area contributed by atoms with Crippen LogP contribution in [0.1, 0.15) is 23.1 Å². The van der Waals surface area contributed by atoms with E-state index in [-0.39, 0.29) is 18.7 Å². The summed E-state index contributed by atoms with van der Waals surface area (Å²) in [5.74, 6) is -1.09. The molecule has 0 atom stereocenters. The molecule has 0 unspecified atom stereocenters. The summed E-state index contributed by atoms with van der Waals surface area (Å²) in [6.07, 6.45) is 0.182. The number of hydrogen-bond acceptors (Lipinski definition) is 6. The van der Waals surface area contributed by atoms with Crippen LogP contribution in [0.2, 0.25) is 0 Å². The number of carboxylic acids is 1. The van der Waals surface area contributed by atoms with Crippen molar-refractivity contribution in [3.05, 3.63) is 39.2 Å². The first-order chi connectivity index (χ1) is 11.8. The van der Waals surface area contributed by atoms with Gasteiger partial charge in [-0.2, -0.15) is 0 Å². The van der Waals surface area contributed by atoms with Gasteiger partial charge in [-0.05, 0) is 38.0 Å². The SMILES string of the molecule is COc1ccc2c(C)c(CCC(=O)N(C)CC(=O)[O-])c(=O)oc2c1C. The van der Waals surface area contributed by atoms with E-state index in [0.717, 1.165) is 21.4 Å². The minimum atomic E-state index is -1.33. The smallest absolute Gasteiger partial charge is 0.339 e. The third kappa shape index (κ3) is 3.81. The Labute approximate surface area is 144 Å². The van der Waals surface area contributed by atoms with Gasteiger partial charge in [0.2, 0.25) is 5.91 Å². The quantitative estimate of drug-likeness (QED) is 0.709. The largest absolute Gasteiger partial charge is 0.548 e. The number of nitrogens with zero attached hydrogens (tertiary/aromatic N) is 1. The molecule has 1 heterocycles. The van der Waals surface area contributed by atoms with Gasteiger partial charge in [0.1, 0.15) is 11.3 Å². The van der Waals surface area contributed by atoms with E-state index < -0.39 is 18.1 Å². The van der Waals surface area contributed by atoms with Gasteiger partial charge < -0.3 is 24.0 Å². The molecule has 0 saturated carbocycles. The van der Waals surface area contributed by atoms with Crippen LogP contribution in [0.5, 0.6) is 5.75 Å². The van der Waals surface area contributed by atoms with E-state index in [2.05, 4.69) is 0 Å². The molecule has 0 aliphatic carbocycles. The Balaban J connectivity index is 2.32. The monoisotopic (exact) mass is 346 g/mol. The zero-order valence-electron chi connectivity index (χ0n) is 14.7. The van der Waals surface area contributed by atoms with Gasteiger partial charge in [0.05, 0.1) is 19.6 Å². The first-order valence-corrected chi connectivity index (χ1v) is 7.80.